The van der Waals surface area contributed by atoms with Crippen molar-refractivity contribution in [2.45, 2.75) is 18.2 Å². The van der Waals surface area contributed by atoms with Gasteiger partial charge in [0.15, 0.2) is 0 Å². The Morgan fingerprint density at radius 1 is 1.56 bits per heavy atom. The maximum Gasteiger partial charge on any atom is 0.232 e. The summed E-state index contributed by atoms with van der Waals surface area (Å²) in [4.78, 5) is 14.4. The Hall–Kier alpha value is -1.67. The van der Waals surface area contributed by atoms with Crippen molar-refractivity contribution in [2.75, 3.05) is 25.1 Å². The van der Waals surface area contributed by atoms with Gasteiger partial charge in [-0.2, -0.15) is 5.26 Å². The van der Waals surface area contributed by atoms with E-state index in [-0.39, 0.29) is 5.91 Å². The Labute approximate surface area is 112 Å². The smallest absolute Gasteiger partial charge is 0.232 e. The Morgan fingerprint density at radius 3 is 2.94 bits per heavy atom. The molecule has 0 bridgehead atoms. The molecule has 0 aromatic heterocycles. The van der Waals surface area contributed by atoms with Gasteiger partial charge in [-0.25, -0.2) is 0 Å². The van der Waals surface area contributed by atoms with Crippen LogP contribution in [0.1, 0.15) is 12.0 Å². The van der Waals surface area contributed by atoms with Crippen LogP contribution in [0.3, 0.4) is 0 Å². The van der Waals surface area contributed by atoms with Crippen molar-refractivity contribution in [3.63, 3.8) is 0 Å². The number of anilines is 1. The molecule has 1 aromatic carbocycles. The van der Waals surface area contributed by atoms with Gasteiger partial charge in [0, 0.05) is 24.2 Å². The Kier molecular flexibility index (Phi) is 5.53. The normalized spacial score (nSPS) is 9.83. The van der Waals surface area contributed by atoms with Gasteiger partial charge in [0.05, 0.1) is 18.2 Å². The number of thioether (sulfide) groups is 1. The van der Waals surface area contributed by atoms with Crippen molar-refractivity contribution in [1.29, 1.82) is 5.26 Å². The van der Waals surface area contributed by atoms with Crippen molar-refractivity contribution in [3.05, 3.63) is 23.8 Å². The molecule has 4 nitrogen and oxygen atoms in total. The first kappa shape index (κ1) is 14.4. The zero-order valence-corrected chi connectivity index (χ0v) is 11.5. The fraction of sp³-hybridized carbons (Fsp3) is 0.385. The number of amides is 1. The number of nitrogen functional groups attached to an aromatic ring is 1. The molecule has 0 spiro atoms. The van der Waals surface area contributed by atoms with E-state index in [1.165, 1.54) is 11.8 Å². The van der Waals surface area contributed by atoms with E-state index in [1.807, 2.05) is 31.2 Å². The van der Waals surface area contributed by atoms with Crippen LogP contribution in [-0.2, 0) is 4.79 Å². The zero-order chi connectivity index (χ0) is 13.5. The molecular formula is C13H17N3OS. The first-order chi connectivity index (χ1) is 8.56. The number of rotatable bonds is 5. The van der Waals surface area contributed by atoms with E-state index in [2.05, 4.69) is 0 Å². The quantitative estimate of drug-likeness (QED) is 0.652. The summed E-state index contributed by atoms with van der Waals surface area (Å²) in [5.74, 6) is 0.392. The van der Waals surface area contributed by atoms with E-state index in [4.69, 9.17) is 11.0 Å². The molecule has 0 heterocycles. The molecule has 0 saturated heterocycles. The Morgan fingerprint density at radius 2 is 2.28 bits per heavy atom. The molecule has 0 unspecified atom stereocenters. The lowest BCUT2D eigenvalue weighted by atomic mass is 10.2. The molecule has 5 heteroatoms. The summed E-state index contributed by atoms with van der Waals surface area (Å²) in [6.07, 6.45) is 0.365. The Balaban J connectivity index is 2.53. The molecule has 0 aliphatic carbocycles. The highest BCUT2D eigenvalue weighted by atomic mass is 32.2. The second-order valence-corrected chi connectivity index (χ2v) is 5.00. The summed E-state index contributed by atoms with van der Waals surface area (Å²) in [6.45, 7) is 2.42. The molecule has 2 N–H and O–H groups in total. The molecule has 1 aromatic rings. The third-order valence-electron chi connectivity index (χ3n) is 2.66. The molecule has 0 aliphatic heterocycles. The summed E-state index contributed by atoms with van der Waals surface area (Å²) >= 11 is 1.48. The first-order valence-corrected chi connectivity index (χ1v) is 6.63. The minimum absolute atomic E-state index is 0.0251. The van der Waals surface area contributed by atoms with Gasteiger partial charge >= 0.3 is 0 Å². The largest absolute Gasteiger partial charge is 0.398 e. The van der Waals surface area contributed by atoms with Gasteiger partial charge in [0.25, 0.3) is 0 Å². The third-order valence-corrected chi connectivity index (χ3v) is 3.81. The van der Waals surface area contributed by atoms with Gasteiger partial charge in [-0.15, -0.1) is 11.8 Å². The van der Waals surface area contributed by atoms with Crippen LogP contribution in [-0.4, -0.2) is 30.2 Å². The summed E-state index contributed by atoms with van der Waals surface area (Å²) in [5.41, 5.74) is 7.56. The first-order valence-electron chi connectivity index (χ1n) is 5.65. The highest BCUT2D eigenvalue weighted by Gasteiger charge is 2.10. The molecule has 0 atom stereocenters. The summed E-state index contributed by atoms with van der Waals surface area (Å²) in [6, 6.07) is 7.71. The molecule has 1 rings (SSSR count). The van der Waals surface area contributed by atoms with Crippen molar-refractivity contribution in [1.82, 2.24) is 4.90 Å². The molecule has 0 aliphatic rings. The van der Waals surface area contributed by atoms with Crippen molar-refractivity contribution >= 4 is 23.4 Å². The predicted molar refractivity (Wildman–Crippen MR) is 74.2 cm³/mol. The molecule has 96 valence electrons. The molecular weight excluding hydrogens is 246 g/mol. The SMILES string of the molecule is Cc1c(N)cccc1SCC(=O)N(C)CCC#N. The number of nitrogens with zero attached hydrogens (tertiary/aromatic N) is 2. The summed E-state index contributed by atoms with van der Waals surface area (Å²) < 4.78 is 0. The van der Waals surface area contributed by atoms with E-state index in [1.54, 1.807) is 11.9 Å². The van der Waals surface area contributed by atoms with Gasteiger partial charge < -0.3 is 10.6 Å². The van der Waals surface area contributed by atoms with Crippen molar-refractivity contribution in [2.24, 2.45) is 0 Å². The minimum Gasteiger partial charge on any atom is -0.398 e. The third kappa shape index (κ3) is 3.97. The average Bonchev–Trinajstić information content (AvgIpc) is 2.37. The van der Waals surface area contributed by atoms with Crippen LogP contribution in [0.15, 0.2) is 23.1 Å². The van der Waals surface area contributed by atoms with E-state index in [0.29, 0.717) is 18.7 Å². The molecule has 18 heavy (non-hydrogen) atoms. The topological polar surface area (TPSA) is 70.1 Å². The standard InChI is InChI=1S/C13H17N3OS/c1-10-11(15)5-3-6-12(10)18-9-13(17)16(2)8-4-7-14/h3,5-6H,4,8-9,15H2,1-2H3. The highest BCUT2D eigenvalue weighted by Crippen LogP contribution is 2.26. The van der Waals surface area contributed by atoms with E-state index in [9.17, 15) is 4.79 Å². The fourth-order valence-electron chi connectivity index (χ4n) is 1.38. The minimum atomic E-state index is 0.0251. The van der Waals surface area contributed by atoms with Crippen LogP contribution in [0.4, 0.5) is 5.69 Å². The van der Waals surface area contributed by atoms with Gasteiger partial charge in [-0.05, 0) is 24.6 Å². The lowest BCUT2D eigenvalue weighted by Crippen LogP contribution is -2.29. The second-order valence-electron chi connectivity index (χ2n) is 3.98. The molecule has 0 saturated carbocycles. The van der Waals surface area contributed by atoms with Crippen LogP contribution in [0.25, 0.3) is 0 Å². The molecule has 1 amide bonds. The Bertz CT molecular complexity index is 468. The summed E-state index contributed by atoms with van der Waals surface area (Å²) in [5, 5.41) is 8.46. The second kappa shape index (κ2) is 6.92. The maximum atomic E-state index is 11.8. The van der Waals surface area contributed by atoms with Crippen molar-refractivity contribution in [3.8, 4) is 6.07 Å². The number of nitrogens with two attached hydrogens (primary N) is 1. The van der Waals surface area contributed by atoms with Crippen LogP contribution in [0.5, 0.6) is 0 Å². The van der Waals surface area contributed by atoms with E-state index >= 15 is 0 Å². The van der Waals surface area contributed by atoms with Gasteiger partial charge in [0.2, 0.25) is 5.91 Å². The lowest BCUT2D eigenvalue weighted by molar-refractivity contribution is -0.127. The van der Waals surface area contributed by atoms with Crippen molar-refractivity contribution < 1.29 is 4.79 Å². The maximum absolute atomic E-state index is 11.8. The van der Waals surface area contributed by atoms with E-state index < -0.39 is 0 Å². The van der Waals surface area contributed by atoms with Crippen LogP contribution in [0.2, 0.25) is 0 Å². The van der Waals surface area contributed by atoms with Crippen LogP contribution >= 0.6 is 11.8 Å². The molecule has 0 radical (unpaired) electrons. The van der Waals surface area contributed by atoms with Gasteiger partial charge in [0.1, 0.15) is 0 Å². The monoisotopic (exact) mass is 263 g/mol. The number of carbonyl (C=O) groups is 1. The van der Waals surface area contributed by atoms with Gasteiger partial charge in [-0.1, -0.05) is 6.07 Å². The number of carbonyl (C=O) groups excluding carboxylic acids is 1. The summed E-state index contributed by atoms with van der Waals surface area (Å²) in [7, 11) is 1.71. The molecule has 0 fully saturated rings. The van der Waals surface area contributed by atoms with E-state index in [0.717, 1.165) is 16.1 Å². The number of hydrogen-bond acceptors (Lipinski definition) is 4. The number of hydrogen-bond donors (Lipinski definition) is 1. The lowest BCUT2D eigenvalue weighted by Gasteiger charge is -2.15. The van der Waals surface area contributed by atoms with Crippen LogP contribution in [0, 0.1) is 18.3 Å². The number of nitriles is 1. The predicted octanol–water partition coefficient (Wildman–Crippen LogP) is 2.04. The zero-order valence-electron chi connectivity index (χ0n) is 10.6. The van der Waals surface area contributed by atoms with Crippen LogP contribution < -0.4 is 5.73 Å². The number of benzene rings is 1. The fourth-order valence-corrected chi connectivity index (χ4v) is 2.39. The average molecular weight is 263 g/mol. The highest BCUT2D eigenvalue weighted by molar-refractivity contribution is 8.00. The van der Waals surface area contributed by atoms with Gasteiger partial charge in [-0.3, -0.25) is 4.79 Å².